The molecule has 2 heterocycles. The number of hydrogen-bond donors (Lipinski definition) is 1. The number of para-hydroxylation sites is 1. The first-order chi connectivity index (χ1) is 16.5. The van der Waals surface area contributed by atoms with E-state index in [4.69, 9.17) is 19.0 Å². The molecule has 0 aliphatic carbocycles. The zero-order chi connectivity index (χ0) is 24.1. The molecule has 9 heteroatoms. The maximum absolute atomic E-state index is 12.9. The number of furan rings is 1. The smallest absolute Gasteiger partial charge is 0.302 e. The fraction of sp³-hybridized carbons (Fsp3) is 0.240. The Bertz CT molecular complexity index is 1210. The molecule has 0 radical (unpaired) electrons. The molecule has 3 aromatic rings. The molecule has 34 heavy (non-hydrogen) atoms. The molecule has 1 N–H and O–H groups in total. The van der Waals surface area contributed by atoms with E-state index in [0.717, 1.165) is 23.3 Å². The van der Waals surface area contributed by atoms with Crippen LogP contribution in [0, 0.1) is 0 Å². The minimum absolute atomic E-state index is 0.0873. The number of anilines is 1. The molecule has 8 nitrogen and oxygen atoms in total. The molecule has 0 bridgehead atoms. The molecule has 2 amide bonds. The number of methoxy groups -OCH3 is 2. The Hall–Kier alpha value is -3.72. The average Bonchev–Trinajstić information content (AvgIpc) is 3.41. The van der Waals surface area contributed by atoms with Crippen molar-refractivity contribution in [1.29, 1.82) is 0 Å². The van der Waals surface area contributed by atoms with E-state index in [1.807, 2.05) is 43.3 Å². The van der Waals surface area contributed by atoms with Gasteiger partial charge in [-0.25, -0.2) is 5.01 Å². The molecule has 0 saturated carbocycles. The second-order valence-electron chi connectivity index (χ2n) is 7.48. The van der Waals surface area contributed by atoms with Crippen LogP contribution in [0.5, 0.6) is 11.5 Å². The summed E-state index contributed by atoms with van der Waals surface area (Å²) in [4.78, 5) is 25.4. The number of rotatable bonds is 8. The molecule has 1 aliphatic rings. The van der Waals surface area contributed by atoms with Gasteiger partial charge in [0.15, 0.2) is 17.3 Å². The highest BCUT2D eigenvalue weighted by Crippen LogP contribution is 2.34. The number of carbonyl (C=O) groups excluding carboxylic acids is 2. The van der Waals surface area contributed by atoms with E-state index in [-0.39, 0.29) is 28.7 Å². The average molecular weight is 480 g/mol. The third-order valence-corrected chi connectivity index (χ3v) is 6.62. The molecule has 1 atom stereocenters. The predicted octanol–water partition coefficient (Wildman–Crippen LogP) is 5.40. The van der Waals surface area contributed by atoms with Crippen molar-refractivity contribution in [3.63, 3.8) is 0 Å². The SMILES string of the molecule is CCC1SC(=O)N(Cc2ccccc2NC(=O)c2ccco2)N=C1c1ccc(OC)c(OC)c1. The maximum Gasteiger partial charge on any atom is 0.302 e. The molecular weight excluding hydrogens is 454 g/mol. The summed E-state index contributed by atoms with van der Waals surface area (Å²) in [6, 6.07) is 16.2. The molecule has 0 saturated heterocycles. The largest absolute Gasteiger partial charge is 0.493 e. The van der Waals surface area contributed by atoms with E-state index in [1.54, 1.807) is 32.4 Å². The minimum Gasteiger partial charge on any atom is -0.493 e. The normalized spacial score (nSPS) is 15.6. The lowest BCUT2D eigenvalue weighted by molar-refractivity contribution is 0.0996. The Balaban J connectivity index is 1.63. The van der Waals surface area contributed by atoms with Crippen LogP contribution in [0.1, 0.15) is 35.0 Å². The number of carbonyl (C=O) groups is 2. The van der Waals surface area contributed by atoms with Crippen LogP contribution in [0.4, 0.5) is 10.5 Å². The van der Waals surface area contributed by atoms with Crippen LogP contribution in [0.15, 0.2) is 70.4 Å². The first-order valence-electron chi connectivity index (χ1n) is 10.8. The quantitative estimate of drug-likeness (QED) is 0.465. The topological polar surface area (TPSA) is 93.4 Å². The first kappa shape index (κ1) is 23.4. The maximum atomic E-state index is 12.9. The van der Waals surface area contributed by atoms with Crippen LogP contribution in [-0.2, 0) is 6.54 Å². The molecule has 0 spiro atoms. The van der Waals surface area contributed by atoms with E-state index >= 15 is 0 Å². The van der Waals surface area contributed by atoms with Crippen LogP contribution in [0.25, 0.3) is 0 Å². The second-order valence-corrected chi connectivity index (χ2v) is 8.64. The van der Waals surface area contributed by atoms with Crippen molar-refractivity contribution in [2.24, 2.45) is 5.10 Å². The summed E-state index contributed by atoms with van der Waals surface area (Å²) >= 11 is 1.24. The van der Waals surface area contributed by atoms with Crippen LogP contribution < -0.4 is 14.8 Å². The van der Waals surface area contributed by atoms with Crippen molar-refractivity contribution in [2.75, 3.05) is 19.5 Å². The van der Waals surface area contributed by atoms with E-state index in [0.29, 0.717) is 17.2 Å². The van der Waals surface area contributed by atoms with Gasteiger partial charge < -0.3 is 19.2 Å². The van der Waals surface area contributed by atoms with Gasteiger partial charge in [-0.3, -0.25) is 9.59 Å². The number of benzene rings is 2. The molecule has 176 valence electrons. The monoisotopic (exact) mass is 479 g/mol. The standard InChI is InChI=1S/C25H25N3O5S/c1-4-22-23(16-11-12-19(31-2)21(14-16)32-3)27-28(25(30)34-22)15-17-8-5-6-9-18(17)26-24(29)20-10-7-13-33-20/h5-14,22H,4,15H2,1-3H3,(H,26,29). The number of nitrogens with one attached hydrogen (secondary N) is 1. The fourth-order valence-electron chi connectivity index (χ4n) is 3.62. The Labute approximate surface area is 201 Å². The summed E-state index contributed by atoms with van der Waals surface area (Å²) in [5, 5.41) is 8.78. The summed E-state index contributed by atoms with van der Waals surface area (Å²) in [5.41, 5.74) is 2.97. The second kappa shape index (κ2) is 10.5. The number of ether oxygens (including phenoxy) is 2. The predicted molar refractivity (Wildman–Crippen MR) is 132 cm³/mol. The highest BCUT2D eigenvalue weighted by molar-refractivity contribution is 8.14. The first-order valence-corrected chi connectivity index (χ1v) is 11.6. The number of thioether (sulfide) groups is 1. The zero-order valence-corrected chi connectivity index (χ0v) is 19.9. The molecule has 2 aromatic carbocycles. The van der Waals surface area contributed by atoms with Crippen molar-refractivity contribution in [3.8, 4) is 11.5 Å². The van der Waals surface area contributed by atoms with E-state index < -0.39 is 0 Å². The summed E-state index contributed by atoms with van der Waals surface area (Å²) in [6.07, 6.45) is 2.19. The number of hydrazone groups is 1. The van der Waals surface area contributed by atoms with Crippen LogP contribution >= 0.6 is 11.8 Å². The lowest BCUT2D eigenvalue weighted by atomic mass is 10.0. The highest BCUT2D eigenvalue weighted by atomic mass is 32.2. The van der Waals surface area contributed by atoms with E-state index in [2.05, 4.69) is 5.32 Å². The molecule has 1 unspecified atom stereocenters. The van der Waals surface area contributed by atoms with Crippen molar-refractivity contribution >= 4 is 34.3 Å². The highest BCUT2D eigenvalue weighted by Gasteiger charge is 2.31. The summed E-state index contributed by atoms with van der Waals surface area (Å²) < 4.78 is 16.0. The molecule has 4 rings (SSSR count). The molecule has 1 aliphatic heterocycles. The van der Waals surface area contributed by atoms with Gasteiger partial charge in [-0.05, 0) is 48.4 Å². The van der Waals surface area contributed by atoms with E-state index in [1.165, 1.54) is 23.0 Å². The van der Waals surface area contributed by atoms with Gasteiger partial charge in [0, 0.05) is 11.3 Å². The van der Waals surface area contributed by atoms with Gasteiger partial charge in [-0.15, -0.1) is 0 Å². The molecule has 0 fully saturated rings. The van der Waals surface area contributed by atoms with Crippen molar-refractivity contribution in [3.05, 3.63) is 77.7 Å². The lowest BCUT2D eigenvalue weighted by Gasteiger charge is -2.29. The summed E-state index contributed by atoms with van der Waals surface area (Å²) in [5.74, 6) is 1.06. The van der Waals surface area contributed by atoms with Crippen LogP contribution in [-0.4, -0.2) is 41.3 Å². The van der Waals surface area contributed by atoms with Crippen molar-refractivity contribution < 1.29 is 23.5 Å². The Kier molecular flexibility index (Phi) is 7.22. The van der Waals surface area contributed by atoms with E-state index in [9.17, 15) is 9.59 Å². The minimum atomic E-state index is -0.364. The zero-order valence-electron chi connectivity index (χ0n) is 19.1. The number of nitrogens with zero attached hydrogens (tertiary/aromatic N) is 2. The summed E-state index contributed by atoms with van der Waals surface area (Å²) in [7, 11) is 3.17. The van der Waals surface area contributed by atoms with Gasteiger partial charge in [0.25, 0.3) is 5.91 Å². The van der Waals surface area contributed by atoms with Crippen LogP contribution in [0.3, 0.4) is 0 Å². The molecule has 1 aromatic heterocycles. The van der Waals surface area contributed by atoms with Gasteiger partial charge in [-0.2, -0.15) is 5.10 Å². The summed E-state index contributed by atoms with van der Waals surface area (Å²) in [6.45, 7) is 2.23. The molecular formula is C25H25N3O5S. The van der Waals surface area contributed by atoms with Gasteiger partial charge in [0.05, 0.1) is 38.0 Å². The Morgan fingerprint density at radius 3 is 2.62 bits per heavy atom. The lowest BCUT2D eigenvalue weighted by Crippen LogP contribution is -2.35. The van der Waals surface area contributed by atoms with Crippen molar-refractivity contribution in [2.45, 2.75) is 25.1 Å². The van der Waals surface area contributed by atoms with Gasteiger partial charge in [0.1, 0.15) is 0 Å². The van der Waals surface area contributed by atoms with Gasteiger partial charge >= 0.3 is 5.24 Å². The Morgan fingerprint density at radius 1 is 1.12 bits per heavy atom. The fourth-order valence-corrected chi connectivity index (χ4v) is 4.55. The number of amides is 2. The third-order valence-electron chi connectivity index (χ3n) is 5.37. The van der Waals surface area contributed by atoms with Gasteiger partial charge in [0.2, 0.25) is 0 Å². The van der Waals surface area contributed by atoms with Gasteiger partial charge in [-0.1, -0.05) is 36.9 Å². The van der Waals surface area contributed by atoms with Crippen LogP contribution in [0.2, 0.25) is 0 Å². The third kappa shape index (κ3) is 4.94. The number of hydrogen-bond acceptors (Lipinski definition) is 7. The van der Waals surface area contributed by atoms with Crippen molar-refractivity contribution in [1.82, 2.24) is 5.01 Å². The Morgan fingerprint density at radius 2 is 1.91 bits per heavy atom.